The first-order chi connectivity index (χ1) is 13.3. The summed E-state index contributed by atoms with van der Waals surface area (Å²) >= 11 is 0. The highest BCUT2D eigenvalue weighted by atomic mass is 16.2. The number of benzene rings is 2. The monoisotopic (exact) mass is 379 g/mol. The van der Waals surface area contributed by atoms with Crippen LogP contribution in [0.5, 0.6) is 0 Å². The van der Waals surface area contributed by atoms with Gasteiger partial charge in [0.25, 0.3) is 11.8 Å². The molecule has 2 aromatic carbocycles. The lowest BCUT2D eigenvalue weighted by molar-refractivity contribution is 0.0609. The Kier molecular flexibility index (Phi) is 5.49. The number of carbonyl (C=O) groups is 3. The van der Waals surface area contributed by atoms with E-state index in [0.717, 1.165) is 12.0 Å². The van der Waals surface area contributed by atoms with Gasteiger partial charge in [0, 0.05) is 11.7 Å². The lowest BCUT2D eigenvalue weighted by Crippen LogP contribution is -2.35. The van der Waals surface area contributed by atoms with Gasteiger partial charge in [0.15, 0.2) is 0 Å². The highest BCUT2D eigenvalue weighted by molar-refractivity contribution is 6.22. The van der Waals surface area contributed by atoms with E-state index in [4.69, 9.17) is 0 Å². The molecular weight excluding hydrogens is 354 g/mol. The number of anilines is 1. The first-order valence-electron chi connectivity index (χ1n) is 9.50. The van der Waals surface area contributed by atoms with Crippen LogP contribution in [0.3, 0.4) is 0 Å². The molecule has 1 atom stereocenters. The fourth-order valence-corrected chi connectivity index (χ4v) is 3.30. The maximum Gasteiger partial charge on any atom is 0.319 e. The number of carbonyl (C=O) groups excluding carboxylic acids is 3. The molecule has 146 valence electrons. The van der Waals surface area contributed by atoms with Crippen LogP contribution in [-0.4, -0.2) is 28.8 Å². The Hall–Kier alpha value is -3.15. The lowest BCUT2D eigenvalue weighted by atomic mass is 10.1. The average Bonchev–Trinajstić information content (AvgIpc) is 2.92. The van der Waals surface area contributed by atoms with Gasteiger partial charge in [-0.05, 0) is 56.5 Å². The molecule has 1 unspecified atom stereocenters. The van der Waals surface area contributed by atoms with E-state index in [1.54, 1.807) is 32.0 Å². The second-order valence-electron chi connectivity index (χ2n) is 7.25. The summed E-state index contributed by atoms with van der Waals surface area (Å²) in [6, 6.07) is 12.1. The maximum absolute atomic E-state index is 12.5. The van der Waals surface area contributed by atoms with Gasteiger partial charge < -0.3 is 10.6 Å². The first kappa shape index (κ1) is 19.6. The number of nitrogens with zero attached hydrogens (tertiary/aromatic N) is 1. The van der Waals surface area contributed by atoms with Crippen molar-refractivity contribution in [2.75, 3.05) is 5.32 Å². The predicted octanol–water partition coefficient (Wildman–Crippen LogP) is 4.14. The quantitative estimate of drug-likeness (QED) is 0.767. The molecule has 0 spiro atoms. The number of rotatable bonds is 5. The summed E-state index contributed by atoms with van der Waals surface area (Å²) in [5.74, 6) is -0.626. The number of urea groups is 1. The van der Waals surface area contributed by atoms with Crippen LogP contribution in [0.4, 0.5) is 10.5 Å². The van der Waals surface area contributed by atoms with Crippen LogP contribution in [0.2, 0.25) is 0 Å². The molecule has 1 heterocycles. The summed E-state index contributed by atoms with van der Waals surface area (Å²) in [5, 5.41) is 5.63. The minimum absolute atomic E-state index is 0.167. The van der Waals surface area contributed by atoms with Crippen LogP contribution in [0.15, 0.2) is 42.5 Å². The van der Waals surface area contributed by atoms with Gasteiger partial charge >= 0.3 is 6.03 Å². The van der Waals surface area contributed by atoms with Gasteiger partial charge in [-0.15, -0.1) is 0 Å². The Morgan fingerprint density at radius 1 is 0.964 bits per heavy atom. The van der Waals surface area contributed by atoms with E-state index in [1.807, 2.05) is 19.1 Å². The molecule has 0 radical (unpaired) electrons. The third kappa shape index (κ3) is 3.76. The Labute approximate surface area is 164 Å². The van der Waals surface area contributed by atoms with Crippen LogP contribution < -0.4 is 10.6 Å². The number of amides is 4. The van der Waals surface area contributed by atoms with Gasteiger partial charge in [-0.2, -0.15) is 0 Å². The molecule has 4 amide bonds. The molecule has 1 aliphatic rings. The molecule has 1 aliphatic heterocycles. The highest BCUT2D eigenvalue weighted by Crippen LogP contribution is 2.27. The minimum atomic E-state index is -0.371. The second kappa shape index (κ2) is 7.84. The molecule has 0 saturated heterocycles. The van der Waals surface area contributed by atoms with Crippen LogP contribution >= 0.6 is 0 Å². The SMILES string of the molecule is CCc1ccc(C(C)NC(=O)Nc2ccc3c(c2)C(=O)N(C(C)C)C3=O)cc1. The fourth-order valence-electron chi connectivity index (χ4n) is 3.30. The standard InChI is InChI=1S/C22H25N3O3/c1-5-15-6-8-16(9-7-15)14(4)23-22(28)24-17-10-11-18-19(12-17)21(27)25(13(2)3)20(18)26/h6-14H,5H2,1-4H3,(H2,23,24,28). The largest absolute Gasteiger partial charge is 0.331 e. The van der Waals surface area contributed by atoms with Crippen LogP contribution in [0.1, 0.15) is 65.6 Å². The van der Waals surface area contributed by atoms with Crippen LogP contribution in [0, 0.1) is 0 Å². The second-order valence-corrected chi connectivity index (χ2v) is 7.25. The zero-order valence-corrected chi connectivity index (χ0v) is 16.6. The minimum Gasteiger partial charge on any atom is -0.331 e. The number of imide groups is 1. The maximum atomic E-state index is 12.5. The van der Waals surface area contributed by atoms with Gasteiger partial charge in [-0.1, -0.05) is 31.2 Å². The summed E-state index contributed by atoms with van der Waals surface area (Å²) in [6.45, 7) is 7.59. The number of fused-ring (bicyclic) bond motifs is 1. The molecule has 6 nitrogen and oxygen atoms in total. The molecule has 28 heavy (non-hydrogen) atoms. The molecule has 6 heteroatoms. The van der Waals surface area contributed by atoms with Crippen molar-refractivity contribution in [3.63, 3.8) is 0 Å². The van der Waals surface area contributed by atoms with Crippen molar-refractivity contribution in [2.24, 2.45) is 0 Å². The third-order valence-corrected chi connectivity index (χ3v) is 4.93. The smallest absolute Gasteiger partial charge is 0.319 e. The highest BCUT2D eigenvalue weighted by Gasteiger charge is 2.37. The van der Waals surface area contributed by atoms with Crippen molar-refractivity contribution in [3.8, 4) is 0 Å². The number of aryl methyl sites for hydroxylation is 1. The van der Waals surface area contributed by atoms with Crippen LogP contribution in [-0.2, 0) is 6.42 Å². The zero-order chi connectivity index (χ0) is 20.4. The summed E-state index contributed by atoms with van der Waals surface area (Å²) in [7, 11) is 0. The van der Waals surface area contributed by atoms with E-state index in [0.29, 0.717) is 16.8 Å². The van der Waals surface area contributed by atoms with Crippen molar-refractivity contribution < 1.29 is 14.4 Å². The summed E-state index contributed by atoms with van der Waals surface area (Å²) in [5.41, 5.74) is 3.41. The molecular formula is C22H25N3O3. The molecule has 3 rings (SSSR count). The molecule has 0 saturated carbocycles. The first-order valence-corrected chi connectivity index (χ1v) is 9.50. The number of nitrogens with one attached hydrogen (secondary N) is 2. The van der Waals surface area contributed by atoms with Gasteiger partial charge in [0.1, 0.15) is 0 Å². The van der Waals surface area contributed by atoms with E-state index in [1.165, 1.54) is 10.5 Å². The van der Waals surface area contributed by atoms with Crippen molar-refractivity contribution in [1.82, 2.24) is 10.2 Å². The van der Waals surface area contributed by atoms with E-state index < -0.39 is 0 Å². The summed E-state index contributed by atoms with van der Waals surface area (Å²) in [4.78, 5) is 38.4. The van der Waals surface area contributed by atoms with E-state index in [2.05, 4.69) is 29.7 Å². The van der Waals surface area contributed by atoms with E-state index in [9.17, 15) is 14.4 Å². The Bertz CT molecular complexity index is 919. The zero-order valence-electron chi connectivity index (χ0n) is 16.6. The Morgan fingerprint density at radius 2 is 1.61 bits per heavy atom. The third-order valence-electron chi connectivity index (χ3n) is 4.93. The number of hydrogen-bond acceptors (Lipinski definition) is 3. The van der Waals surface area contributed by atoms with E-state index >= 15 is 0 Å². The summed E-state index contributed by atoms with van der Waals surface area (Å²) in [6.07, 6.45) is 0.969. The van der Waals surface area contributed by atoms with Gasteiger partial charge in [0.05, 0.1) is 17.2 Å². The molecule has 2 aromatic rings. The molecule has 0 aromatic heterocycles. The van der Waals surface area contributed by atoms with E-state index in [-0.39, 0.29) is 29.9 Å². The van der Waals surface area contributed by atoms with Crippen molar-refractivity contribution in [1.29, 1.82) is 0 Å². The van der Waals surface area contributed by atoms with Crippen LogP contribution in [0.25, 0.3) is 0 Å². The lowest BCUT2D eigenvalue weighted by Gasteiger charge is -2.17. The molecule has 2 N–H and O–H groups in total. The molecule has 0 fully saturated rings. The number of hydrogen-bond donors (Lipinski definition) is 2. The predicted molar refractivity (Wildman–Crippen MR) is 108 cm³/mol. The van der Waals surface area contributed by atoms with Crippen molar-refractivity contribution in [2.45, 2.75) is 46.2 Å². The molecule has 0 aliphatic carbocycles. The Morgan fingerprint density at radius 3 is 2.21 bits per heavy atom. The fraction of sp³-hybridized carbons (Fsp3) is 0.318. The van der Waals surface area contributed by atoms with Gasteiger partial charge in [-0.3, -0.25) is 14.5 Å². The Balaban J connectivity index is 1.68. The topological polar surface area (TPSA) is 78.5 Å². The van der Waals surface area contributed by atoms with Crippen molar-refractivity contribution in [3.05, 3.63) is 64.7 Å². The molecule has 0 bridgehead atoms. The van der Waals surface area contributed by atoms with Gasteiger partial charge in [-0.25, -0.2) is 4.79 Å². The van der Waals surface area contributed by atoms with Gasteiger partial charge in [0.2, 0.25) is 0 Å². The normalized spacial score (nSPS) is 14.2. The summed E-state index contributed by atoms with van der Waals surface area (Å²) < 4.78 is 0. The van der Waals surface area contributed by atoms with Crippen molar-refractivity contribution >= 4 is 23.5 Å². The average molecular weight is 379 g/mol.